The standard InChI is InChI=1S/C14H14F4N6/c1-20-5-7-10(19)4-3-9(15)11(7)23-13-22-6-8(14(16,17)18)12(21-2)24-13/h3-6,19-20H,1-2H3,(H2,21,22,23,24)/b7-5+,19-10?. The zero-order valence-corrected chi connectivity index (χ0v) is 12.7. The maximum absolute atomic E-state index is 14.0. The summed E-state index contributed by atoms with van der Waals surface area (Å²) in [6.45, 7) is 0. The molecule has 1 aliphatic carbocycles. The number of alkyl halides is 3. The van der Waals surface area contributed by atoms with Crippen molar-refractivity contribution in [2.45, 2.75) is 6.18 Å². The number of halogens is 4. The molecule has 0 atom stereocenters. The smallest absolute Gasteiger partial charge is 0.393 e. The Morgan fingerprint density at radius 1 is 1.21 bits per heavy atom. The van der Waals surface area contributed by atoms with Gasteiger partial charge < -0.3 is 21.4 Å². The van der Waals surface area contributed by atoms with E-state index < -0.39 is 23.4 Å². The van der Waals surface area contributed by atoms with E-state index in [2.05, 4.69) is 25.9 Å². The van der Waals surface area contributed by atoms with Crippen LogP contribution in [0.1, 0.15) is 5.56 Å². The summed E-state index contributed by atoms with van der Waals surface area (Å²) < 4.78 is 52.6. The van der Waals surface area contributed by atoms with E-state index in [1.54, 1.807) is 7.05 Å². The third-order valence-corrected chi connectivity index (χ3v) is 3.05. The Hall–Kier alpha value is -2.91. The van der Waals surface area contributed by atoms with Gasteiger partial charge >= 0.3 is 6.18 Å². The second-order valence-electron chi connectivity index (χ2n) is 4.65. The highest BCUT2D eigenvalue weighted by molar-refractivity contribution is 6.11. The monoisotopic (exact) mass is 342 g/mol. The van der Waals surface area contributed by atoms with E-state index >= 15 is 0 Å². The van der Waals surface area contributed by atoms with Crippen molar-refractivity contribution in [2.75, 3.05) is 24.7 Å². The fraction of sp³-hybridized carbons (Fsp3) is 0.214. The maximum atomic E-state index is 14.0. The van der Waals surface area contributed by atoms with Gasteiger partial charge in [0.05, 0.1) is 11.4 Å². The van der Waals surface area contributed by atoms with Crippen LogP contribution in [-0.4, -0.2) is 29.8 Å². The lowest BCUT2D eigenvalue weighted by Gasteiger charge is -2.18. The molecule has 1 aliphatic rings. The summed E-state index contributed by atoms with van der Waals surface area (Å²) in [6.07, 6.45) is -0.298. The molecule has 0 spiro atoms. The van der Waals surface area contributed by atoms with Crippen LogP contribution >= 0.6 is 0 Å². The first-order valence-corrected chi connectivity index (χ1v) is 6.71. The first-order chi connectivity index (χ1) is 11.3. The Bertz CT molecular complexity index is 748. The van der Waals surface area contributed by atoms with Crippen LogP contribution < -0.4 is 16.0 Å². The molecular weight excluding hydrogens is 328 g/mol. The van der Waals surface area contributed by atoms with Gasteiger partial charge in [-0.05, 0) is 12.2 Å². The van der Waals surface area contributed by atoms with Gasteiger partial charge in [0.2, 0.25) is 5.95 Å². The van der Waals surface area contributed by atoms with Crippen molar-refractivity contribution in [3.63, 3.8) is 0 Å². The normalized spacial score (nSPS) is 16.6. The molecule has 0 aliphatic heterocycles. The molecule has 0 amide bonds. The van der Waals surface area contributed by atoms with Gasteiger partial charge in [-0.15, -0.1) is 0 Å². The summed E-state index contributed by atoms with van der Waals surface area (Å²) in [7, 11) is 2.86. The summed E-state index contributed by atoms with van der Waals surface area (Å²) in [5, 5.41) is 15.3. The molecule has 0 saturated carbocycles. The summed E-state index contributed by atoms with van der Waals surface area (Å²) in [4.78, 5) is 7.29. The molecule has 2 rings (SSSR count). The Labute approximate surface area is 134 Å². The van der Waals surface area contributed by atoms with Crippen LogP contribution in [0.2, 0.25) is 0 Å². The highest BCUT2D eigenvalue weighted by atomic mass is 19.4. The quantitative estimate of drug-likeness (QED) is 0.632. The lowest BCUT2D eigenvalue weighted by atomic mass is 10.0. The van der Waals surface area contributed by atoms with Gasteiger partial charge in [-0.2, -0.15) is 18.2 Å². The molecule has 0 fully saturated rings. The molecule has 24 heavy (non-hydrogen) atoms. The van der Waals surface area contributed by atoms with Crippen LogP contribution in [0.15, 0.2) is 41.6 Å². The van der Waals surface area contributed by atoms with E-state index in [1.165, 1.54) is 19.3 Å². The Morgan fingerprint density at radius 3 is 2.50 bits per heavy atom. The molecule has 0 bridgehead atoms. The Balaban J connectivity index is 2.41. The van der Waals surface area contributed by atoms with Gasteiger partial charge in [0.1, 0.15) is 17.2 Å². The van der Waals surface area contributed by atoms with Crippen molar-refractivity contribution in [3.05, 3.63) is 47.2 Å². The fourth-order valence-corrected chi connectivity index (χ4v) is 1.97. The van der Waals surface area contributed by atoms with Crippen molar-refractivity contribution >= 4 is 17.5 Å². The van der Waals surface area contributed by atoms with Gasteiger partial charge in [0.25, 0.3) is 0 Å². The number of allylic oxidation sites excluding steroid dienone is 4. The topological polar surface area (TPSA) is 85.7 Å². The summed E-state index contributed by atoms with van der Waals surface area (Å²) in [6, 6.07) is 0. The SMILES string of the molecule is CN/C=C1\C(=N)C=CC(F)=C1Nc1ncc(C(F)(F)F)c(NC)n1. The van der Waals surface area contributed by atoms with Gasteiger partial charge in [-0.3, -0.25) is 0 Å². The fourth-order valence-electron chi connectivity index (χ4n) is 1.97. The van der Waals surface area contributed by atoms with Crippen LogP contribution in [0.4, 0.5) is 29.3 Å². The number of hydrogen-bond donors (Lipinski definition) is 4. The number of aromatic nitrogens is 2. The molecular formula is C14H14F4N6. The highest BCUT2D eigenvalue weighted by Gasteiger charge is 2.35. The third kappa shape index (κ3) is 3.53. The van der Waals surface area contributed by atoms with Crippen molar-refractivity contribution in [1.29, 1.82) is 5.41 Å². The van der Waals surface area contributed by atoms with Crippen LogP contribution in [0.5, 0.6) is 0 Å². The third-order valence-electron chi connectivity index (χ3n) is 3.05. The second-order valence-corrected chi connectivity index (χ2v) is 4.65. The van der Waals surface area contributed by atoms with Crippen LogP contribution in [0.3, 0.4) is 0 Å². The van der Waals surface area contributed by atoms with E-state index in [-0.39, 0.29) is 22.9 Å². The minimum absolute atomic E-state index is 0.0222. The molecule has 6 nitrogen and oxygen atoms in total. The average Bonchev–Trinajstić information content (AvgIpc) is 2.53. The van der Waals surface area contributed by atoms with Gasteiger partial charge in [0, 0.05) is 32.1 Å². The van der Waals surface area contributed by atoms with Crippen molar-refractivity contribution in [1.82, 2.24) is 15.3 Å². The van der Waals surface area contributed by atoms with Gasteiger partial charge in [-0.25, -0.2) is 9.37 Å². The summed E-state index contributed by atoms with van der Waals surface area (Å²) in [5.41, 5.74) is -0.938. The Kier molecular flexibility index (Phi) is 4.86. The van der Waals surface area contributed by atoms with Crippen LogP contribution in [0.25, 0.3) is 0 Å². The van der Waals surface area contributed by atoms with E-state index in [1.807, 2.05) is 0 Å². The molecule has 10 heteroatoms. The predicted molar refractivity (Wildman–Crippen MR) is 82.3 cm³/mol. The highest BCUT2D eigenvalue weighted by Crippen LogP contribution is 2.34. The van der Waals surface area contributed by atoms with E-state index in [9.17, 15) is 17.6 Å². The van der Waals surface area contributed by atoms with Gasteiger partial charge in [-0.1, -0.05) is 0 Å². The molecule has 0 aromatic carbocycles. The lowest BCUT2D eigenvalue weighted by Crippen LogP contribution is -2.18. The van der Waals surface area contributed by atoms with E-state index in [4.69, 9.17) is 5.41 Å². The number of rotatable bonds is 4. The minimum Gasteiger partial charge on any atom is -0.393 e. The van der Waals surface area contributed by atoms with E-state index in [0.29, 0.717) is 6.20 Å². The van der Waals surface area contributed by atoms with Gasteiger partial charge in [0.15, 0.2) is 0 Å². The summed E-state index contributed by atoms with van der Waals surface area (Å²) in [5.74, 6) is -1.37. The molecule has 1 aromatic heterocycles. The first kappa shape index (κ1) is 17.4. The Morgan fingerprint density at radius 2 is 1.92 bits per heavy atom. The van der Waals surface area contributed by atoms with Crippen molar-refractivity contribution in [3.8, 4) is 0 Å². The minimum atomic E-state index is -4.62. The van der Waals surface area contributed by atoms with E-state index in [0.717, 1.165) is 6.08 Å². The molecule has 4 N–H and O–H groups in total. The molecule has 128 valence electrons. The zero-order chi connectivity index (χ0) is 17.9. The maximum Gasteiger partial charge on any atom is 0.421 e. The molecule has 1 aromatic rings. The number of hydrogen-bond acceptors (Lipinski definition) is 6. The molecule has 0 radical (unpaired) electrons. The molecule has 0 unspecified atom stereocenters. The lowest BCUT2D eigenvalue weighted by molar-refractivity contribution is -0.137. The number of anilines is 2. The predicted octanol–water partition coefficient (Wildman–Crippen LogP) is 2.82. The molecule has 0 saturated heterocycles. The van der Waals surface area contributed by atoms with Crippen molar-refractivity contribution in [2.24, 2.45) is 0 Å². The number of nitrogens with zero attached hydrogens (tertiary/aromatic N) is 2. The van der Waals surface area contributed by atoms with Crippen molar-refractivity contribution < 1.29 is 17.6 Å². The largest absolute Gasteiger partial charge is 0.421 e. The summed E-state index contributed by atoms with van der Waals surface area (Å²) >= 11 is 0. The average molecular weight is 342 g/mol. The molecule has 1 heterocycles. The second kappa shape index (κ2) is 6.69. The number of nitrogens with one attached hydrogen (secondary N) is 4. The zero-order valence-electron chi connectivity index (χ0n) is 12.7. The van der Waals surface area contributed by atoms with Crippen LogP contribution in [-0.2, 0) is 6.18 Å². The van der Waals surface area contributed by atoms with Crippen LogP contribution in [0, 0.1) is 5.41 Å². The first-order valence-electron chi connectivity index (χ1n) is 6.71.